The highest BCUT2D eigenvalue weighted by Crippen LogP contribution is 2.22. The molecule has 0 bridgehead atoms. The van der Waals surface area contributed by atoms with E-state index >= 15 is 0 Å². The smallest absolute Gasteiger partial charge is 0.228 e. The monoisotopic (exact) mass is 324 g/mol. The van der Waals surface area contributed by atoms with Gasteiger partial charge < -0.3 is 10.1 Å². The topological polar surface area (TPSA) is 41.6 Å². The Bertz CT molecular complexity index is 672. The van der Waals surface area contributed by atoms with Crippen molar-refractivity contribution in [3.8, 4) is 5.75 Å². The maximum Gasteiger partial charge on any atom is 0.228 e. The standard InChI is InChI=1S/C20H24N2O2/c1-24-19-11-5-10-18(13-19)21-20(23)17-9-6-12-22(15-17)14-16-7-3-2-4-8-16/h2-5,7-8,10-11,13,17H,6,9,12,14-15H2,1H3,(H,21,23). The molecule has 0 saturated carbocycles. The number of rotatable bonds is 5. The van der Waals surface area contributed by atoms with E-state index in [2.05, 4.69) is 34.5 Å². The molecule has 0 radical (unpaired) electrons. The Kier molecular flexibility index (Phi) is 5.49. The van der Waals surface area contributed by atoms with E-state index < -0.39 is 0 Å². The fourth-order valence-electron chi connectivity index (χ4n) is 3.20. The van der Waals surface area contributed by atoms with E-state index in [1.807, 2.05) is 30.3 Å². The summed E-state index contributed by atoms with van der Waals surface area (Å²) in [5.41, 5.74) is 2.09. The number of ether oxygens (including phenoxy) is 1. The number of hydrogen-bond acceptors (Lipinski definition) is 3. The molecular weight excluding hydrogens is 300 g/mol. The normalized spacial score (nSPS) is 18.1. The maximum atomic E-state index is 12.6. The lowest BCUT2D eigenvalue weighted by molar-refractivity contribution is -0.121. The summed E-state index contributed by atoms with van der Waals surface area (Å²) in [6.07, 6.45) is 2.00. The number of piperidine rings is 1. The number of methoxy groups -OCH3 is 1. The van der Waals surface area contributed by atoms with Gasteiger partial charge in [0.1, 0.15) is 5.75 Å². The van der Waals surface area contributed by atoms with Crippen LogP contribution < -0.4 is 10.1 Å². The van der Waals surface area contributed by atoms with Crippen molar-refractivity contribution in [3.05, 3.63) is 60.2 Å². The van der Waals surface area contributed by atoms with Crippen molar-refractivity contribution in [3.63, 3.8) is 0 Å². The number of carbonyl (C=O) groups excluding carboxylic acids is 1. The van der Waals surface area contributed by atoms with Gasteiger partial charge >= 0.3 is 0 Å². The van der Waals surface area contributed by atoms with E-state index in [4.69, 9.17) is 4.74 Å². The molecule has 2 aromatic carbocycles. The molecule has 0 aliphatic carbocycles. The van der Waals surface area contributed by atoms with Crippen molar-refractivity contribution in [1.82, 2.24) is 4.90 Å². The Balaban J connectivity index is 1.58. The van der Waals surface area contributed by atoms with Gasteiger partial charge in [-0.05, 0) is 37.1 Å². The Hall–Kier alpha value is -2.33. The second-order valence-corrected chi connectivity index (χ2v) is 6.28. The van der Waals surface area contributed by atoms with Gasteiger partial charge in [0.2, 0.25) is 5.91 Å². The van der Waals surface area contributed by atoms with Crippen LogP contribution in [0.15, 0.2) is 54.6 Å². The van der Waals surface area contributed by atoms with Gasteiger partial charge in [-0.1, -0.05) is 36.4 Å². The van der Waals surface area contributed by atoms with Gasteiger partial charge in [-0.3, -0.25) is 9.69 Å². The summed E-state index contributed by atoms with van der Waals surface area (Å²) in [5, 5.41) is 3.03. The Labute approximate surface area is 143 Å². The number of hydrogen-bond donors (Lipinski definition) is 1. The maximum absolute atomic E-state index is 12.6. The zero-order valence-corrected chi connectivity index (χ0v) is 14.1. The number of anilines is 1. The van der Waals surface area contributed by atoms with Crippen LogP contribution in [0.3, 0.4) is 0 Å². The summed E-state index contributed by atoms with van der Waals surface area (Å²) in [5.74, 6) is 0.886. The van der Waals surface area contributed by atoms with Crippen LogP contribution in [0.5, 0.6) is 5.75 Å². The van der Waals surface area contributed by atoms with Gasteiger partial charge in [0.05, 0.1) is 13.0 Å². The Morgan fingerprint density at radius 3 is 2.83 bits per heavy atom. The molecule has 4 nitrogen and oxygen atoms in total. The van der Waals surface area contributed by atoms with Crippen LogP contribution >= 0.6 is 0 Å². The number of carbonyl (C=O) groups is 1. The lowest BCUT2D eigenvalue weighted by Gasteiger charge is -2.32. The van der Waals surface area contributed by atoms with Gasteiger partial charge in [0, 0.05) is 24.8 Å². The molecule has 3 rings (SSSR count). The molecule has 1 N–H and O–H groups in total. The minimum Gasteiger partial charge on any atom is -0.497 e. The largest absolute Gasteiger partial charge is 0.497 e. The minimum atomic E-state index is 0.0358. The first kappa shape index (κ1) is 16.5. The first-order valence-electron chi connectivity index (χ1n) is 8.46. The number of nitrogens with zero attached hydrogens (tertiary/aromatic N) is 1. The zero-order valence-electron chi connectivity index (χ0n) is 14.1. The average Bonchev–Trinajstić information content (AvgIpc) is 2.63. The molecule has 1 amide bonds. The summed E-state index contributed by atoms with van der Waals surface area (Å²) in [4.78, 5) is 15.0. The third kappa shape index (κ3) is 4.36. The van der Waals surface area contributed by atoms with Gasteiger partial charge in [0.15, 0.2) is 0 Å². The summed E-state index contributed by atoms with van der Waals surface area (Å²) < 4.78 is 5.21. The Morgan fingerprint density at radius 2 is 2.04 bits per heavy atom. The second-order valence-electron chi connectivity index (χ2n) is 6.28. The third-order valence-corrected chi connectivity index (χ3v) is 4.46. The molecule has 1 aliphatic rings. The van der Waals surface area contributed by atoms with Crippen LogP contribution in [0.4, 0.5) is 5.69 Å². The number of nitrogens with one attached hydrogen (secondary N) is 1. The SMILES string of the molecule is COc1cccc(NC(=O)C2CCCN(Cc3ccccc3)C2)c1. The first-order chi connectivity index (χ1) is 11.7. The Morgan fingerprint density at radius 1 is 1.21 bits per heavy atom. The third-order valence-electron chi connectivity index (χ3n) is 4.46. The molecular formula is C20H24N2O2. The summed E-state index contributed by atoms with van der Waals surface area (Å²) in [6, 6.07) is 17.9. The highest BCUT2D eigenvalue weighted by atomic mass is 16.5. The van der Waals surface area contributed by atoms with Crippen molar-refractivity contribution in [1.29, 1.82) is 0 Å². The second kappa shape index (κ2) is 7.97. The van der Waals surface area contributed by atoms with E-state index in [1.165, 1.54) is 5.56 Å². The van der Waals surface area contributed by atoms with E-state index in [1.54, 1.807) is 7.11 Å². The highest BCUT2D eigenvalue weighted by Gasteiger charge is 2.25. The van der Waals surface area contributed by atoms with Gasteiger partial charge in [-0.2, -0.15) is 0 Å². The molecule has 24 heavy (non-hydrogen) atoms. The van der Waals surface area contributed by atoms with Gasteiger partial charge in [0.25, 0.3) is 0 Å². The van der Waals surface area contributed by atoms with Crippen molar-refractivity contribution in [2.75, 3.05) is 25.5 Å². The molecule has 1 aliphatic heterocycles. The lowest BCUT2D eigenvalue weighted by atomic mass is 9.96. The molecule has 1 heterocycles. The number of likely N-dealkylation sites (tertiary alicyclic amines) is 1. The lowest BCUT2D eigenvalue weighted by Crippen LogP contribution is -2.40. The summed E-state index contributed by atoms with van der Waals surface area (Å²) in [7, 11) is 1.63. The van der Waals surface area contributed by atoms with Crippen molar-refractivity contribution < 1.29 is 9.53 Å². The number of benzene rings is 2. The van der Waals surface area contributed by atoms with E-state index in [0.717, 1.165) is 43.9 Å². The van der Waals surface area contributed by atoms with Gasteiger partial charge in [-0.25, -0.2) is 0 Å². The van der Waals surface area contributed by atoms with E-state index in [0.29, 0.717) is 0 Å². The molecule has 2 aromatic rings. The minimum absolute atomic E-state index is 0.0358. The van der Waals surface area contributed by atoms with Crippen LogP contribution in [-0.4, -0.2) is 31.0 Å². The van der Waals surface area contributed by atoms with Crippen molar-refractivity contribution >= 4 is 11.6 Å². The predicted octanol–water partition coefficient (Wildman–Crippen LogP) is 3.55. The van der Waals surface area contributed by atoms with E-state index in [9.17, 15) is 4.79 Å². The fourth-order valence-corrected chi connectivity index (χ4v) is 3.20. The average molecular weight is 324 g/mol. The van der Waals surface area contributed by atoms with Crippen LogP contribution in [0, 0.1) is 5.92 Å². The molecule has 1 atom stereocenters. The van der Waals surface area contributed by atoms with Gasteiger partial charge in [-0.15, -0.1) is 0 Å². The van der Waals surface area contributed by atoms with Crippen molar-refractivity contribution in [2.24, 2.45) is 5.92 Å². The predicted molar refractivity (Wildman–Crippen MR) is 96.1 cm³/mol. The molecule has 0 aromatic heterocycles. The molecule has 1 saturated heterocycles. The molecule has 1 unspecified atom stereocenters. The summed E-state index contributed by atoms with van der Waals surface area (Å²) >= 11 is 0. The zero-order chi connectivity index (χ0) is 16.8. The van der Waals surface area contributed by atoms with Crippen molar-refractivity contribution in [2.45, 2.75) is 19.4 Å². The first-order valence-corrected chi connectivity index (χ1v) is 8.46. The molecule has 1 fully saturated rings. The van der Waals surface area contributed by atoms with Crippen LogP contribution in [0.1, 0.15) is 18.4 Å². The molecule has 0 spiro atoms. The van der Waals surface area contributed by atoms with Crippen LogP contribution in [0.2, 0.25) is 0 Å². The molecule has 126 valence electrons. The van der Waals surface area contributed by atoms with Crippen LogP contribution in [-0.2, 0) is 11.3 Å². The summed E-state index contributed by atoms with van der Waals surface area (Å²) in [6.45, 7) is 2.77. The number of amides is 1. The molecule has 4 heteroatoms. The van der Waals surface area contributed by atoms with E-state index in [-0.39, 0.29) is 11.8 Å². The van der Waals surface area contributed by atoms with Crippen LogP contribution in [0.25, 0.3) is 0 Å². The quantitative estimate of drug-likeness (QED) is 0.914. The fraction of sp³-hybridized carbons (Fsp3) is 0.350. The highest BCUT2D eigenvalue weighted by molar-refractivity contribution is 5.92.